The molecule has 26 heavy (non-hydrogen) atoms. The van der Waals surface area contributed by atoms with E-state index in [9.17, 15) is 9.59 Å². The molecule has 4 rings (SSSR count). The van der Waals surface area contributed by atoms with Crippen molar-refractivity contribution in [2.75, 3.05) is 25.0 Å². The fourth-order valence-electron chi connectivity index (χ4n) is 4.28. The first kappa shape index (κ1) is 17.0. The Bertz CT molecular complexity index is 872. The lowest BCUT2D eigenvalue weighted by Crippen LogP contribution is -2.49. The Labute approximate surface area is 154 Å². The van der Waals surface area contributed by atoms with Gasteiger partial charge in [-0.3, -0.25) is 9.59 Å². The molecule has 1 amide bonds. The van der Waals surface area contributed by atoms with Crippen LogP contribution in [0, 0.1) is 13.8 Å². The highest BCUT2D eigenvalue weighted by molar-refractivity contribution is 6.47. The van der Waals surface area contributed by atoms with Gasteiger partial charge in [0.05, 0.1) is 0 Å². The molecular formula is C22H24N2O2. The van der Waals surface area contributed by atoms with E-state index in [0.29, 0.717) is 5.56 Å². The molecule has 0 bridgehead atoms. The van der Waals surface area contributed by atoms with E-state index < -0.39 is 11.7 Å². The molecule has 2 aliphatic rings. The standard InChI is InChI=1S/C22H24N2O2/c1-14-4-7-16(8-5-14)21(25)22(26)24-19-9-6-15(2)12-17(19)18-13-23(3)11-10-20(18)24/h4-9,12,18,20H,10-11,13H2,1-3H3. The van der Waals surface area contributed by atoms with Crippen LogP contribution in [-0.2, 0) is 4.79 Å². The Morgan fingerprint density at radius 2 is 1.69 bits per heavy atom. The summed E-state index contributed by atoms with van der Waals surface area (Å²) in [4.78, 5) is 30.1. The number of anilines is 1. The van der Waals surface area contributed by atoms with Crippen LogP contribution in [0.4, 0.5) is 5.69 Å². The third-order valence-electron chi connectivity index (χ3n) is 5.68. The van der Waals surface area contributed by atoms with Crippen molar-refractivity contribution in [3.8, 4) is 0 Å². The zero-order valence-electron chi connectivity index (χ0n) is 15.5. The number of likely N-dealkylation sites (N-methyl/N-ethyl adjacent to an activating group) is 1. The Morgan fingerprint density at radius 3 is 2.42 bits per heavy atom. The summed E-state index contributed by atoms with van der Waals surface area (Å²) in [5.74, 6) is -0.550. The molecule has 0 spiro atoms. The minimum atomic E-state index is -0.420. The van der Waals surface area contributed by atoms with Crippen LogP contribution in [0.5, 0.6) is 0 Å². The summed E-state index contributed by atoms with van der Waals surface area (Å²) in [6.07, 6.45) is 0.891. The number of piperidine rings is 1. The molecule has 4 heteroatoms. The van der Waals surface area contributed by atoms with Gasteiger partial charge in [-0.2, -0.15) is 0 Å². The summed E-state index contributed by atoms with van der Waals surface area (Å²) in [5, 5.41) is 0. The van der Waals surface area contributed by atoms with Gasteiger partial charge in [-0.15, -0.1) is 0 Å². The zero-order valence-corrected chi connectivity index (χ0v) is 15.5. The number of fused-ring (bicyclic) bond motifs is 3. The highest BCUT2D eigenvalue weighted by Crippen LogP contribution is 2.45. The maximum atomic E-state index is 13.2. The number of benzene rings is 2. The van der Waals surface area contributed by atoms with E-state index in [-0.39, 0.29) is 12.0 Å². The quantitative estimate of drug-likeness (QED) is 0.617. The number of aryl methyl sites for hydroxylation is 2. The summed E-state index contributed by atoms with van der Waals surface area (Å²) in [5.41, 5.74) is 4.84. The lowest BCUT2D eigenvalue weighted by Gasteiger charge is -2.36. The summed E-state index contributed by atoms with van der Waals surface area (Å²) < 4.78 is 0. The van der Waals surface area contributed by atoms with Gasteiger partial charge in [0.2, 0.25) is 0 Å². The van der Waals surface area contributed by atoms with Gasteiger partial charge in [0.15, 0.2) is 0 Å². The van der Waals surface area contributed by atoms with Gasteiger partial charge in [-0.05, 0) is 45.5 Å². The molecule has 2 unspecified atom stereocenters. The molecule has 1 fully saturated rings. The minimum absolute atomic E-state index is 0.0740. The molecule has 4 nitrogen and oxygen atoms in total. The Morgan fingerprint density at radius 1 is 1.00 bits per heavy atom. The van der Waals surface area contributed by atoms with Gasteiger partial charge in [0, 0.05) is 29.8 Å². The number of amides is 1. The number of hydrogen-bond acceptors (Lipinski definition) is 3. The molecule has 0 radical (unpaired) electrons. The Kier molecular flexibility index (Phi) is 4.16. The first-order valence-corrected chi connectivity index (χ1v) is 9.19. The van der Waals surface area contributed by atoms with Crippen molar-refractivity contribution in [2.24, 2.45) is 0 Å². The molecule has 2 aliphatic heterocycles. The fourth-order valence-corrected chi connectivity index (χ4v) is 4.28. The van der Waals surface area contributed by atoms with Gasteiger partial charge < -0.3 is 9.80 Å². The molecule has 2 heterocycles. The molecule has 0 aromatic heterocycles. The van der Waals surface area contributed by atoms with Gasteiger partial charge >= 0.3 is 0 Å². The van der Waals surface area contributed by atoms with Crippen LogP contribution in [0.3, 0.4) is 0 Å². The second-order valence-electron chi connectivity index (χ2n) is 7.66. The Hall–Kier alpha value is -2.46. The summed E-state index contributed by atoms with van der Waals surface area (Å²) >= 11 is 0. The van der Waals surface area contributed by atoms with Gasteiger partial charge in [0.25, 0.3) is 11.7 Å². The van der Waals surface area contributed by atoms with Crippen molar-refractivity contribution >= 4 is 17.4 Å². The van der Waals surface area contributed by atoms with E-state index in [0.717, 1.165) is 30.8 Å². The molecule has 0 aliphatic carbocycles. The number of Topliss-reactive ketones (excluding diaryl/α,β-unsaturated/α-hetero) is 1. The minimum Gasteiger partial charge on any atom is -0.306 e. The lowest BCUT2D eigenvalue weighted by molar-refractivity contribution is -0.115. The number of rotatable bonds is 2. The number of hydrogen-bond donors (Lipinski definition) is 0. The van der Waals surface area contributed by atoms with Gasteiger partial charge in [-0.25, -0.2) is 0 Å². The SMILES string of the molecule is Cc1ccc(C(=O)C(=O)N2c3ccc(C)cc3C3CN(C)CCC32)cc1. The molecule has 0 saturated carbocycles. The normalized spacial score (nSPS) is 22.0. The Balaban J connectivity index is 1.72. The lowest BCUT2D eigenvalue weighted by atomic mass is 9.88. The maximum absolute atomic E-state index is 13.2. The van der Waals surface area contributed by atoms with Crippen LogP contribution in [0.2, 0.25) is 0 Å². The number of likely N-dealkylation sites (tertiary alicyclic amines) is 1. The van der Waals surface area contributed by atoms with Crippen molar-refractivity contribution in [3.63, 3.8) is 0 Å². The zero-order chi connectivity index (χ0) is 18.4. The topological polar surface area (TPSA) is 40.6 Å². The number of ketones is 1. The summed E-state index contributed by atoms with van der Waals surface area (Å²) in [7, 11) is 2.12. The van der Waals surface area contributed by atoms with Gasteiger partial charge in [0.1, 0.15) is 0 Å². The third kappa shape index (κ3) is 2.74. The first-order chi connectivity index (χ1) is 12.5. The predicted molar refractivity (Wildman–Crippen MR) is 103 cm³/mol. The van der Waals surface area contributed by atoms with Crippen LogP contribution in [-0.4, -0.2) is 42.8 Å². The molecule has 2 atom stereocenters. The molecule has 0 N–H and O–H groups in total. The monoisotopic (exact) mass is 348 g/mol. The molecule has 134 valence electrons. The largest absolute Gasteiger partial charge is 0.306 e. The van der Waals surface area contributed by atoms with Crippen LogP contribution in [0.15, 0.2) is 42.5 Å². The van der Waals surface area contributed by atoms with E-state index in [1.807, 2.05) is 31.2 Å². The van der Waals surface area contributed by atoms with Crippen molar-refractivity contribution in [2.45, 2.75) is 32.2 Å². The smallest absolute Gasteiger partial charge is 0.299 e. The van der Waals surface area contributed by atoms with Crippen molar-refractivity contribution in [1.29, 1.82) is 0 Å². The van der Waals surface area contributed by atoms with Crippen LogP contribution < -0.4 is 4.90 Å². The number of carbonyl (C=O) groups excluding carboxylic acids is 2. The molecule has 2 aromatic carbocycles. The van der Waals surface area contributed by atoms with E-state index in [2.05, 4.69) is 24.9 Å². The molecule has 1 saturated heterocycles. The van der Waals surface area contributed by atoms with E-state index in [1.165, 1.54) is 11.1 Å². The summed E-state index contributed by atoms with van der Waals surface area (Å²) in [6, 6.07) is 13.5. The highest BCUT2D eigenvalue weighted by atomic mass is 16.2. The number of nitrogens with zero attached hydrogens (tertiary/aromatic N) is 2. The van der Waals surface area contributed by atoms with Gasteiger partial charge in [-0.1, -0.05) is 47.5 Å². The predicted octanol–water partition coefficient (Wildman–Crippen LogP) is 3.32. The highest BCUT2D eigenvalue weighted by Gasteiger charge is 2.45. The van der Waals surface area contributed by atoms with Crippen molar-refractivity contribution in [3.05, 3.63) is 64.7 Å². The maximum Gasteiger partial charge on any atom is 0.299 e. The molecule has 2 aromatic rings. The van der Waals surface area contributed by atoms with E-state index >= 15 is 0 Å². The number of carbonyl (C=O) groups is 2. The average molecular weight is 348 g/mol. The van der Waals surface area contributed by atoms with Crippen LogP contribution in [0.1, 0.15) is 39.4 Å². The van der Waals surface area contributed by atoms with Crippen molar-refractivity contribution in [1.82, 2.24) is 4.90 Å². The van der Waals surface area contributed by atoms with E-state index in [4.69, 9.17) is 0 Å². The second-order valence-corrected chi connectivity index (χ2v) is 7.66. The first-order valence-electron chi connectivity index (χ1n) is 9.19. The van der Waals surface area contributed by atoms with Crippen LogP contribution in [0.25, 0.3) is 0 Å². The van der Waals surface area contributed by atoms with Crippen LogP contribution >= 0.6 is 0 Å². The summed E-state index contributed by atoms with van der Waals surface area (Å²) in [6.45, 7) is 5.91. The fraction of sp³-hybridized carbons (Fsp3) is 0.364. The third-order valence-corrected chi connectivity index (χ3v) is 5.68. The van der Waals surface area contributed by atoms with E-state index in [1.54, 1.807) is 17.0 Å². The molecular weight excluding hydrogens is 324 g/mol. The second kappa shape index (κ2) is 6.36. The van der Waals surface area contributed by atoms with Crippen molar-refractivity contribution < 1.29 is 9.59 Å². The average Bonchev–Trinajstić information content (AvgIpc) is 2.94.